The molecule has 1 aliphatic carbocycles. The predicted octanol–water partition coefficient (Wildman–Crippen LogP) is 3.25. The quantitative estimate of drug-likeness (QED) is 0.838. The molecule has 0 saturated heterocycles. The van der Waals surface area contributed by atoms with Gasteiger partial charge in [-0.15, -0.1) is 0 Å². The van der Waals surface area contributed by atoms with Gasteiger partial charge >= 0.3 is 0 Å². The number of nitrogens with zero attached hydrogens (tertiary/aromatic N) is 2. The lowest BCUT2D eigenvalue weighted by Crippen LogP contribution is -2.31. The molecular weight excluding hydrogens is 244 g/mol. The van der Waals surface area contributed by atoms with Gasteiger partial charge < -0.3 is 4.90 Å². The van der Waals surface area contributed by atoms with E-state index in [1.807, 2.05) is 0 Å². The van der Waals surface area contributed by atoms with Crippen molar-refractivity contribution in [2.75, 3.05) is 34.2 Å². The Kier molecular flexibility index (Phi) is 3.60. The van der Waals surface area contributed by atoms with Crippen molar-refractivity contribution < 1.29 is 0 Å². The van der Waals surface area contributed by atoms with E-state index in [1.54, 1.807) is 0 Å². The van der Waals surface area contributed by atoms with E-state index in [9.17, 15) is 0 Å². The molecule has 0 aliphatic heterocycles. The predicted molar refractivity (Wildman–Crippen MR) is 84.9 cm³/mol. The molecule has 20 heavy (non-hydrogen) atoms. The molecule has 0 N–H and O–H groups in total. The van der Waals surface area contributed by atoms with E-state index in [4.69, 9.17) is 0 Å². The Labute approximate surface area is 121 Å². The molecule has 2 nitrogen and oxygen atoms in total. The Bertz CT molecular complexity index is 558. The zero-order chi connectivity index (χ0) is 14.1. The zero-order valence-electron chi connectivity index (χ0n) is 12.5. The van der Waals surface area contributed by atoms with Crippen LogP contribution in [0.25, 0.3) is 11.1 Å². The van der Waals surface area contributed by atoms with Crippen molar-refractivity contribution in [2.24, 2.45) is 0 Å². The van der Waals surface area contributed by atoms with Crippen LogP contribution in [0, 0.1) is 0 Å². The summed E-state index contributed by atoms with van der Waals surface area (Å²) in [6.45, 7) is 2.15. The van der Waals surface area contributed by atoms with Gasteiger partial charge in [0.2, 0.25) is 0 Å². The molecule has 0 radical (unpaired) electrons. The fourth-order valence-electron chi connectivity index (χ4n) is 3.09. The van der Waals surface area contributed by atoms with Crippen molar-refractivity contribution >= 4 is 0 Å². The summed E-state index contributed by atoms with van der Waals surface area (Å²) in [6.07, 6.45) is 0. The van der Waals surface area contributed by atoms with Crippen molar-refractivity contribution in [3.05, 3.63) is 59.7 Å². The maximum Gasteiger partial charge on any atom is 0.0611 e. The van der Waals surface area contributed by atoms with Crippen LogP contribution in [0.5, 0.6) is 0 Å². The molecular formula is C18H22N2. The molecule has 1 aliphatic rings. The number of hydrogen-bond acceptors (Lipinski definition) is 2. The molecule has 0 saturated carbocycles. The van der Waals surface area contributed by atoms with Gasteiger partial charge in [0.05, 0.1) is 6.04 Å². The average molecular weight is 266 g/mol. The van der Waals surface area contributed by atoms with Gasteiger partial charge in [-0.05, 0) is 43.4 Å². The van der Waals surface area contributed by atoms with Gasteiger partial charge in [-0.3, -0.25) is 4.90 Å². The Morgan fingerprint density at radius 2 is 1.25 bits per heavy atom. The van der Waals surface area contributed by atoms with Gasteiger partial charge in [0.1, 0.15) is 0 Å². The van der Waals surface area contributed by atoms with Gasteiger partial charge in [-0.25, -0.2) is 0 Å². The topological polar surface area (TPSA) is 6.48 Å². The van der Waals surface area contributed by atoms with Crippen LogP contribution in [0.3, 0.4) is 0 Å². The van der Waals surface area contributed by atoms with Crippen LogP contribution in [0.15, 0.2) is 48.5 Å². The highest BCUT2D eigenvalue weighted by Gasteiger charge is 2.30. The third-order valence-electron chi connectivity index (χ3n) is 4.14. The molecule has 2 aromatic rings. The molecule has 3 rings (SSSR count). The van der Waals surface area contributed by atoms with Crippen molar-refractivity contribution in [3.8, 4) is 11.1 Å². The first-order valence-corrected chi connectivity index (χ1v) is 7.21. The fraction of sp³-hybridized carbons (Fsp3) is 0.333. The summed E-state index contributed by atoms with van der Waals surface area (Å²) in [5.74, 6) is 0. The van der Waals surface area contributed by atoms with Gasteiger partial charge in [0.15, 0.2) is 0 Å². The number of likely N-dealkylation sites (N-methyl/N-ethyl adjacent to an activating group) is 2. The molecule has 2 heteroatoms. The van der Waals surface area contributed by atoms with E-state index in [-0.39, 0.29) is 0 Å². The van der Waals surface area contributed by atoms with E-state index in [0.29, 0.717) is 6.04 Å². The highest BCUT2D eigenvalue weighted by Crippen LogP contribution is 2.45. The standard InChI is InChI=1S/C18H22N2/c1-19(2)12-13-20(3)18-16-10-6-4-8-14(16)15-9-5-7-11-17(15)18/h4-11,18H,12-13H2,1-3H3. The second-order valence-electron chi connectivity index (χ2n) is 5.86. The Morgan fingerprint density at radius 1 is 0.750 bits per heavy atom. The summed E-state index contributed by atoms with van der Waals surface area (Å²) in [7, 11) is 6.49. The van der Waals surface area contributed by atoms with Crippen LogP contribution in [0.1, 0.15) is 17.2 Å². The average Bonchev–Trinajstić information content (AvgIpc) is 2.79. The minimum atomic E-state index is 0.391. The van der Waals surface area contributed by atoms with Crippen molar-refractivity contribution in [2.45, 2.75) is 6.04 Å². The maximum atomic E-state index is 2.46. The number of fused-ring (bicyclic) bond motifs is 3. The van der Waals surface area contributed by atoms with E-state index >= 15 is 0 Å². The molecule has 0 fully saturated rings. The smallest absolute Gasteiger partial charge is 0.0611 e. The summed E-state index contributed by atoms with van der Waals surface area (Å²) < 4.78 is 0. The van der Waals surface area contributed by atoms with Crippen LogP contribution in [0.4, 0.5) is 0 Å². The maximum absolute atomic E-state index is 2.46. The van der Waals surface area contributed by atoms with Crippen LogP contribution in [-0.4, -0.2) is 44.0 Å². The summed E-state index contributed by atoms with van der Waals surface area (Å²) in [5, 5.41) is 0. The van der Waals surface area contributed by atoms with Crippen molar-refractivity contribution in [1.29, 1.82) is 0 Å². The van der Waals surface area contributed by atoms with Gasteiger partial charge in [0, 0.05) is 13.1 Å². The van der Waals surface area contributed by atoms with Crippen molar-refractivity contribution in [3.63, 3.8) is 0 Å². The number of hydrogen-bond donors (Lipinski definition) is 0. The first kappa shape index (κ1) is 13.3. The molecule has 2 aromatic carbocycles. The van der Waals surface area contributed by atoms with Crippen LogP contribution in [0.2, 0.25) is 0 Å². The molecule has 0 amide bonds. The van der Waals surface area contributed by atoms with E-state index in [1.165, 1.54) is 22.3 Å². The second-order valence-corrected chi connectivity index (χ2v) is 5.86. The SMILES string of the molecule is CN(C)CCN(C)C1c2ccccc2-c2ccccc21. The van der Waals surface area contributed by atoms with Gasteiger partial charge in [-0.1, -0.05) is 48.5 Å². The Balaban J connectivity index is 1.98. The zero-order valence-corrected chi connectivity index (χ0v) is 12.5. The minimum Gasteiger partial charge on any atom is -0.308 e. The van der Waals surface area contributed by atoms with Gasteiger partial charge in [0.25, 0.3) is 0 Å². The highest BCUT2D eigenvalue weighted by molar-refractivity contribution is 5.78. The molecule has 0 unspecified atom stereocenters. The number of rotatable bonds is 4. The molecule has 0 bridgehead atoms. The summed E-state index contributed by atoms with van der Waals surface area (Å²) in [6, 6.07) is 18.0. The van der Waals surface area contributed by atoms with E-state index in [2.05, 4.69) is 79.5 Å². The molecule has 0 spiro atoms. The largest absolute Gasteiger partial charge is 0.308 e. The Hall–Kier alpha value is -1.64. The lowest BCUT2D eigenvalue weighted by molar-refractivity contribution is 0.247. The molecule has 0 heterocycles. The number of benzene rings is 2. The molecule has 104 valence electrons. The summed E-state index contributed by atoms with van der Waals surface area (Å²) in [5.41, 5.74) is 5.67. The van der Waals surface area contributed by atoms with Crippen LogP contribution < -0.4 is 0 Å². The van der Waals surface area contributed by atoms with Crippen molar-refractivity contribution in [1.82, 2.24) is 9.80 Å². The normalized spacial score (nSPS) is 13.8. The summed E-state index contributed by atoms with van der Waals surface area (Å²) >= 11 is 0. The second kappa shape index (κ2) is 5.39. The molecule has 0 atom stereocenters. The highest BCUT2D eigenvalue weighted by atomic mass is 15.2. The first-order chi connectivity index (χ1) is 9.68. The lowest BCUT2D eigenvalue weighted by atomic mass is 10.0. The summed E-state index contributed by atoms with van der Waals surface area (Å²) in [4.78, 5) is 4.70. The molecule has 0 aromatic heterocycles. The van der Waals surface area contributed by atoms with Crippen LogP contribution in [-0.2, 0) is 0 Å². The van der Waals surface area contributed by atoms with Crippen LogP contribution >= 0.6 is 0 Å². The van der Waals surface area contributed by atoms with E-state index in [0.717, 1.165) is 13.1 Å². The first-order valence-electron chi connectivity index (χ1n) is 7.21. The lowest BCUT2D eigenvalue weighted by Gasteiger charge is -2.27. The fourth-order valence-corrected chi connectivity index (χ4v) is 3.09. The third-order valence-corrected chi connectivity index (χ3v) is 4.14. The monoisotopic (exact) mass is 266 g/mol. The Morgan fingerprint density at radius 3 is 1.75 bits per heavy atom. The minimum absolute atomic E-state index is 0.391. The van der Waals surface area contributed by atoms with Gasteiger partial charge in [-0.2, -0.15) is 0 Å². The van der Waals surface area contributed by atoms with E-state index < -0.39 is 0 Å². The third kappa shape index (κ3) is 2.26.